The maximum Gasteiger partial charge on any atom is 0.283 e. The van der Waals surface area contributed by atoms with E-state index in [1.54, 1.807) is 27.0 Å². The summed E-state index contributed by atoms with van der Waals surface area (Å²) in [6, 6.07) is 3.15. The van der Waals surface area contributed by atoms with Gasteiger partial charge in [0.05, 0.1) is 12.0 Å². The average molecular weight is 295 g/mol. The largest absolute Gasteiger partial charge is 0.496 e. The van der Waals surface area contributed by atoms with Crippen molar-refractivity contribution in [3.8, 4) is 5.75 Å². The maximum absolute atomic E-state index is 12.6. The van der Waals surface area contributed by atoms with Crippen LogP contribution in [0.3, 0.4) is 0 Å². The molecule has 0 spiro atoms. The van der Waals surface area contributed by atoms with Gasteiger partial charge >= 0.3 is 0 Å². The lowest BCUT2D eigenvalue weighted by Crippen LogP contribution is -2.17. The van der Waals surface area contributed by atoms with Crippen molar-refractivity contribution in [2.45, 2.75) is 25.7 Å². The number of aromatic nitrogens is 2. The fourth-order valence-corrected chi connectivity index (χ4v) is 3.79. The van der Waals surface area contributed by atoms with Crippen LogP contribution in [0.25, 0.3) is 0 Å². The summed E-state index contributed by atoms with van der Waals surface area (Å²) < 4.78 is 31.4. The molecule has 0 unspecified atom stereocenters. The number of ether oxygens (including phenoxy) is 1. The van der Waals surface area contributed by atoms with E-state index in [2.05, 4.69) is 5.10 Å². The van der Waals surface area contributed by atoms with Gasteiger partial charge in [0.15, 0.2) is 0 Å². The molecule has 0 amide bonds. The first-order valence-electron chi connectivity index (χ1n) is 6.00. The van der Waals surface area contributed by atoms with Crippen LogP contribution in [-0.4, -0.2) is 24.7 Å². The zero-order valence-electron chi connectivity index (χ0n) is 11.8. The summed E-state index contributed by atoms with van der Waals surface area (Å²) in [6.45, 7) is 5.31. The molecule has 20 heavy (non-hydrogen) atoms. The van der Waals surface area contributed by atoms with Crippen LogP contribution in [0.5, 0.6) is 5.75 Å². The molecule has 108 valence electrons. The molecule has 0 fully saturated rings. The standard InChI is InChI=1S/C13H17N3O3S/c1-8-7-11(19-4)9(2)10(3)13(8)20(17,18)16-6-5-12(14)15-16/h5-7H,1-4H3,(H2,14,15). The van der Waals surface area contributed by atoms with Gasteiger partial charge in [0.25, 0.3) is 10.0 Å². The SMILES string of the molecule is COc1cc(C)c(S(=O)(=O)n2ccc(N)n2)c(C)c1C. The Kier molecular flexibility index (Phi) is 3.47. The summed E-state index contributed by atoms with van der Waals surface area (Å²) in [7, 11) is -2.20. The van der Waals surface area contributed by atoms with Gasteiger partial charge in [-0.25, -0.2) is 0 Å². The average Bonchev–Trinajstić information content (AvgIpc) is 2.81. The molecule has 1 aromatic heterocycles. The smallest absolute Gasteiger partial charge is 0.283 e. The van der Waals surface area contributed by atoms with Crippen LogP contribution in [0, 0.1) is 20.8 Å². The summed E-state index contributed by atoms with van der Waals surface area (Å²) in [5.41, 5.74) is 7.54. The van der Waals surface area contributed by atoms with Crippen molar-refractivity contribution in [3.63, 3.8) is 0 Å². The van der Waals surface area contributed by atoms with Gasteiger partial charge in [-0.1, -0.05) is 0 Å². The van der Waals surface area contributed by atoms with Crippen LogP contribution in [0.4, 0.5) is 5.82 Å². The molecule has 2 N–H and O–H groups in total. The van der Waals surface area contributed by atoms with E-state index in [0.717, 1.165) is 9.65 Å². The van der Waals surface area contributed by atoms with E-state index in [4.69, 9.17) is 10.5 Å². The Morgan fingerprint density at radius 3 is 2.40 bits per heavy atom. The molecule has 0 aliphatic rings. The van der Waals surface area contributed by atoms with E-state index >= 15 is 0 Å². The number of rotatable bonds is 3. The van der Waals surface area contributed by atoms with Crippen molar-refractivity contribution in [2.24, 2.45) is 0 Å². The van der Waals surface area contributed by atoms with Crippen molar-refractivity contribution >= 4 is 15.8 Å². The van der Waals surface area contributed by atoms with Crippen molar-refractivity contribution < 1.29 is 13.2 Å². The first kappa shape index (κ1) is 14.4. The lowest BCUT2D eigenvalue weighted by atomic mass is 10.1. The second-order valence-electron chi connectivity index (χ2n) is 4.59. The number of nitrogens with two attached hydrogens (primary N) is 1. The van der Waals surface area contributed by atoms with Crippen LogP contribution in [-0.2, 0) is 10.0 Å². The van der Waals surface area contributed by atoms with E-state index in [9.17, 15) is 8.42 Å². The second kappa shape index (κ2) is 4.82. The van der Waals surface area contributed by atoms with Gasteiger partial charge in [0.2, 0.25) is 0 Å². The molecule has 1 aromatic carbocycles. The Hall–Kier alpha value is -2.02. The second-order valence-corrected chi connectivity index (χ2v) is 6.33. The molecule has 1 heterocycles. The summed E-state index contributed by atoms with van der Waals surface area (Å²) in [5.74, 6) is 0.827. The minimum absolute atomic E-state index is 0.161. The topological polar surface area (TPSA) is 87.2 Å². The zero-order chi connectivity index (χ0) is 15.1. The van der Waals surface area contributed by atoms with Crippen molar-refractivity contribution in [1.29, 1.82) is 0 Å². The Morgan fingerprint density at radius 1 is 1.25 bits per heavy atom. The molecule has 0 saturated carbocycles. The summed E-state index contributed by atoms with van der Waals surface area (Å²) in [6.07, 6.45) is 1.34. The Labute approximate surface area is 118 Å². The molecule has 0 saturated heterocycles. The lowest BCUT2D eigenvalue weighted by Gasteiger charge is -2.16. The number of anilines is 1. The third-order valence-electron chi connectivity index (χ3n) is 3.29. The number of nitrogen functional groups attached to an aromatic ring is 1. The van der Waals surface area contributed by atoms with E-state index in [1.807, 2.05) is 6.92 Å². The van der Waals surface area contributed by atoms with Crippen LogP contribution in [0.1, 0.15) is 16.7 Å². The predicted octanol–water partition coefficient (Wildman–Crippen LogP) is 1.64. The van der Waals surface area contributed by atoms with Gasteiger partial charge in [0.1, 0.15) is 11.6 Å². The zero-order valence-corrected chi connectivity index (χ0v) is 12.7. The molecule has 0 aliphatic heterocycles. The molecule has 2 rings (SSSR count). The Balaban J connectivity index is 2.73. The predicted molar refractivity (Wildman–Crippen MR) is 76.4 cm³/mol. The van der Waals surface area contributed by atoms with Crippen molar-refractivity contribution in [3.05, 3.63) is 35.0 Å². The van der Waals surface area contributed by atoms with Gasteiger partial charge in [-0.15, -0.1) is 5.10 Å². The van der Waals surface area contributed by atoms with Gasteiger partial charge in [-0.2, -0.15) is 12.5 Å². The molecular weight excluding hydrogens is 278 g/mol. The summed E-state index contributed by atoms with van der Waals surface area (Å²) in [4.78, 5) is 0.235. The molecule has 6 nitrogen and oxygen atoms in total. The lowest BCUT2D eigenvalue weighted by molar-refractivity contribution is 0.410. The third kappa shape index (κ3) is 2.14. The number of hydrogen-bond donors (Lipinski definition) is 1. The van der Waals surface area contributed by atoms with Crippen LogP contribution < -0.4 is 10.5 Å². The maximum atomic E-state index is 12.6. The highest BCUT2D eigenvalue weighted by Gasteiger charge is 2.25. The fraction of sp³-hybridized carbons (Fsp3) is 0.308. The molecule has 0 aliphatic carbocycles. The van der Waals surface area contributed by atoms with Crippen LogP contribution in [0.2, 0.25) is 0 Å². The Morgan fingerprint density at radius 2 is 1.90 bits per heavy atom. The highest BCUT2D eigenvalue weighted by Crippen LogP contribution is 2.31. The normalized spacial score (nSPS) is 11.6. The summed E-state index contributed by atoms with van der Waals surface area (Å²) >= 11 is 0. The van der Waals surface area contributed by atoms with Crippen LogP contribution in [0.15, 0.2) is 23.2 Å². The molecular formula is C13H17N3O3S. The van der Waals surface area contributed by atoms with E-state index in [0.29, 0.717) is 16.9 Å². The number of nitrogens with zero attached hydrogens (tertiary/aromatic N) is 2. The summed E-state index contributed by atoms with van der Waals surface area (Å²) in [5, 5.41) is 3.79. The minimum Gasteiger partial charge on any atom is -0.496 e. The van der Waals surface area contributed by atoms with Crippen LogP contribution >= 0.6 is 0 Å². The monoisotopic (exact) mass is 295 g/mol. The highest BCUT2D eigenvalue weighted by atomic mass is 32.2. The molecule has 7 heteroatoms. The third-order valence-corrected chi connectivity index (χ3v) is 5.13. The van der Waals surface area contributed by atoms with E-state index in [-0.39, 0.29) is 10.7 Å². The molecule has 0 radical (unpaired) electrons. The van der Waals surface area contributed by atoms with Crippen molar-refractivity contribution in [2.75, 3.05) is 12.8 Å². The van der Waals surface area contributed by atoms with Crippen molar-refractivity contribution in [1.82, 2.24) is 9.19 Å². The number of aryl methyl sites for hydroxylation is 1. The number of methoxy groups -OCH3 is 1. The number of benzene rings is 1. The van der Waals surface area contributed by atoms with E-state index in [1.165, 1.54) is 12.3 Å². The van der Waals surface area contributed by atoms with Gasteiger partial charge < -0.3 is 10.5 Å². The van der Waals surface area contributed by atoms with Gasteiger partial charge in [0, 0.05) is 12.3 Å². The number of hydrogen-bond acceptors (Lipinski definition) is 5. The van der Waals surface area contributed by atoms with Gasteiger partial charge in [-0.3, -0.25) is 0 Å². The fourth-order valence-electron chi connectivity index (χ4n) is 2.18. The first-order chi connectivity index (χ1) is 9.28. The van der Waals surface area contributed by atoms with Gasteiger partial charge in [-0.05, 0) is 43.5 Å². The minimum atomic E-state index is -3.76. The highest BCUT2D eigenvalue weighted by molar-refractivity contribution is 7.90. The first-order valence-corrected chi connectivity index (χ1v) is 7.44. The Bertz CT molecular complexity index is 763. The molecule has 0 atom stereocenters. The van der Waals surface area contributed by atoms with E-state index < -0.39 is 10.0 Å². The quantitative estimate of drug-likeness (QED) is 0.930. The molecule has 2 aromatic rings. The molecule has 0 bridgehead atoms.